The molecule has 0 fully saturated rings. The first-order valence-electron chi connectivity index (χ1n) is 6.32. The van der Waals surface area contributed by atoms with Gasteiger partial charge in [-0.3, -0.25) is 0 Å². The molecule has 5 nitrogen and oxygen atoms in total. The number of nitrogens with two attached hydrogens (primary N) is 1. The number of fused-ring (bicyclic) bond motifs is 1. The van der Waals surface area contributed by atoms with Gasteiger partial charge in [-0.1, -0.05) is 0 Å². The van der Waals surface area contributed by atoms with Crippen molar-refractivity contribution in [3.63, 3.8) is 0 Å². The summed E-state index contributed by atoms with van der Waals surface area (Å²) in [4.78, 5) is 12.8. The zero-order chi connectivity index (χ0) is 14.3. The monoisotopic (exact) mass is 271 g/mol. The molecule has 0 aliphatic carbocycles. The van der Waals surface area contributed by atoms with E-state index in [1.54, 1.807) is 12.3 Å². The average molecular weight is 271 g/mol. The number of benzene rings is 1. The number of nitrogen functional groups attached to an aromatic ring is 1. The van der Waals surface area contributed by atoms with E-state index in [4.69, 9.17) is 5.73 Å². The first-order valence-corrected chi connectivity index (χ1v) is 6.32. The van der Waals surface area contributed by atoms with Gasteiger partial charge in [-0.05, 0) is 32.0 Å². The molecule has 3 aromatic rings. The van der Waals surface area contributed by atoms with Crippen molar-refractivity contribution in [3.05, 3.63) is 36.4 Å². The van der Waals surface area contributed by atoms with Crippen LogP contribution in [0.2, 0.25) is 0 Å². The molecule has 6 heteroatoms. The molecular weight excluding hydrogens is 257 g/mol. The van der Waals surface area contributed by atoms with Crippen LogP contribution in [0.25, 0.3) is 22.6 Å². The van der Waals surface area contributed by atoms with Gasteiger partial charge < -0.3 is 10.3 Å². The molecule has 3 rings (SSSR count). The number of imidazole rings is 1. The van der Waals surface area contributed by atoms with Crippen molar-refractivity contribution < 1.29 is 4.39 Å². The quantitative estimate of drug-likeness (QED) is 0.778. The van der Waals surface area contributed by atoms with Crippen LogP contribution in [-0.4, -0.2) is 19.5 Å². The van der Waals surface area contributed by atoms with Crippen LogP contribution in [0.5, 0.6) is 0 Å². The Labute approximate surface area is 115 Å². The van der Waals surface area contributed by atoms with Crippen molar-refractivity contribution in [3.8, 4) is 11.5 Å². The lowest BCUT2D eigenvalue weighted by atomic mass is 10.2. The van der Waals surface area contributed by atoms with Gasteiger partial charge in [-0.25, -0.2) is 19.3 Å². The van der Waals surface area contributed by atoms with Crippen molar-refractivity contribution in [2.45, 2.75) is 19.9 Å². The van der Waals surface area contributed by atoms with Crippen LogP contribution < -0.4 is 5.73 Å². The van der Waals surface area contributed by atoms with Gasteiger partial charge in [0, 0.05) is 18.4 Å². The van der Waals surface area contributed by atoms with Crippen LogP contribution in [-0.2, 0) is 0 Å². The van der Waals surface area contributed by atoms with E-state index in [0.29, 0.717) is 22.9 Å². The normalized spacial score (nSPS) is 11.4. The fourth-order valence-corrected chi connectivity index (χ4v) is 2.28. The number of anilines is 1. The first-order chi connectivity index (χ1) is 9.58. The van der Waals surface area contributed by atoms with Crippen LogP contribution >= 0.6 is 0 Å². The van der Waals surface area contributed by atoms with E-state index in [2.05, 4.69) is 15.0 Å². The summed E-state index contributed by atoms with van der Waals surface area (Å²) < 4.78 is 15.4. The number of nitrogens with zero attached hydrogens (tertiary/aromatic N) is 4. The molecule has 0 spiro atoms. The fraction of sp³-hybridized carbons (Fsp3) is 0.214. The molecule has 0 bridgehead atoms. The standard InChI is InChI=1S/C14H14FN5/c1-8(2)20-11-7-9(15)3-4-10(11)19-14(20)12-13(16)18-6-5-17-12/h3-8H,1-2H3,(H2,16,18). The predicted molar refractivity (Wildman–Crippen MR) is 75.5 cm³/mol. The van der Waals surface area contributed by atoms with Crippen LogP contribution in [0.4, 0.5) is 10.2 Å². The second kappa shape index (κ2) is 4.56. The van der Waals surface area contributed by atoms with Gasteiger partial charge in [0.15, 0.2) is 11.6 Å². The maximum atomic E-state index is 13.5. The van der Waals surface area contributed by atoms with Gasteiger partial charge in [-0.2, -0.15) is 0 Å². The predicted octanol–water partition coefficient (Wildman–Crippen LogP) is 2.80. The van der Waals surface area contributed by atoms with Crippen molar-refractivity contribution in [2.75, 3.05) is 5.73 Å². The molecule has 2 aromatic heterocycles. The maximum Gasteiger partial charge on any atom is 0.163 e. The third-order valence-electron chi connectivity index (χ3n) is 3.11. The van der Waals surface area contributed by atoms with Gasteiger partial charge in [0.05, 0.1) is 11.0 Å². The van der Waals surface area contributed by atoms with Gasteiger partial charge in [-0.15, -0.1) is 0 Å². The Hall–Kier alpha value is -2.50. The Morgan fingerprint density at radius 2 is 1.95 bits per heavy atom. The SMILES string of the molecule is CC(C)n1c(-c2nccnc2N)nc2ccc(F)cc21. The number of halogens is 1. The Morgan fingerprint density at radius 3 is 2.65 bits per heavy atom. The Bertz CT molecular complexity index is 778. The van der Waals surface area contributed by atoms with Crippen LogP contribution in [0.1, 0.15) is 19.9 Å². The molecule has 0 atom stereocenters. The highest BCUT2D eigenvalue weighted by Gasteiger charge is 2.18. The van der Waals surface area contributed by atoms with E-state index in [-0.39, 0.29) is 11.9 Å². The molecule has 0 aliphatic rings. The molecule has 0 saturated heterocycles. The number of rotatable bonds is 2. The molecule has 0 radical (unpaired) electrons. The van der Waals surface area contributed by atoms with E-state index in [0.717, 1.165) is 5.52 Å². The molecule has 1 aromatic carbocycles. The molecule has 20 heavy (non-hydrogen) atoms. The first kappa shape index (κ1) is 12.5. The largest absolute Gasteiger partial charge is 0.382 e. The highest BCUT2D eigenvalue weighted by atomic mass is 19.1. The molecule has 102 valence electrons. The number of aromatic nitrogens is 4. The van der Waals surface area contributed by atoms with Crippen molar-refractivity contribution in [1.29, 1.82) is 0 Å². The summed E-state index contributed by atoms with van der Waals surface area (Å²) in [6, 6.07) is 4.61. The topological polar surface area (TPSA) is 69.6 Å². The second-order valence-corrected chi connectivity index (χ2v) is 4.82. The lowest BCUT2D eigenvalue weighted by Crippen LogP contribution is -2.06. The highest BCUT2D eigenvalue weighted by Crippen LogP contribution is 2.29. The van der Waals surface area contributed by atoms with Crippen molar-refractivity contribution in [1.82, 2.24) is 19.5 Å². The third kappa shape index (κ3) is 1.89. The molecule has 2 N–H and O–H groups in total. The van der Waals surface area contributed by atoms with E-state index in [9.17, 15) is 4.39 Å². The van der Waals surface area contributed by atoms with Gasteiger partial charge in [0.1, 0.15) is 11.5 Å². The molecular formula is C14H14FN5. The van der Waals surface area contributed by atoms with E-state index in [1.165, 1.54) is 18.3 Å². The fourth-order valence-electron chi connectivity index (χ4n) is 2.28. The smallest absolute Gasteiger partial charge is 0.163 e. The van der Waals surface area contributed by atoms with Gasteiger partial charge in [0.25, 0.3) is 0 Å². The number of hydrogen-bond donors (Lipinski definition) is 1. The van der Waals surface area contributed by atoms with E-state index >= 15 is 0 Å². The summed E-state index contributed by atoms with van der Waals surface area (Å²) in [6.45, 7) is 4.00. The van der Waals surface area contributed by atoms with Crippen LogP contribution in [0.15, 0.2) is 30.6 Å². The van der Waals surface area contributed by atoms with E-state index in [1.807, 2.05) is 18.4 Å². The Kier molecular flexibility index (Phi) is 2.85. The molecule has 2 heterocycles. The van der Waals surface area contributed by atoms with Crippen LogP contribution in [0.3, 0.4) is 0 Å². The lowest BCUT2D eigenvalue weighted by Gasteiger charge is -2.13. The summed E-state index contributed by atoms with van der Waals surface area (Å²) in [5.41, 5.74) is 7.81. The number of hydrogen-bond acceptors (Lipinski definition) is 4. The molecule has 0 amide bonds. The minimum atomic E-state index is -0.294. The van der Waals surface area contributed by atoms with Crippen LogP contribution in [0, 0.1) is 5.82 Å². The second-order valence-electron chi connectivity index (χ2n) is 4.82. The molecule has 0 saturated carbocycles. The average Bonchev–Trinajstić information content (AvgIpc) is 2.77. The summed E-state index contributed by atoms with van der Waals surface area (Å²) in [5, 5.41) is 0. The molecule has 0 unspecified atom stereocenters. The van der Waals surface area contributed by atoms with E-state index < -0.39 is 0 Å². The summed E-state index contributed by atoms with van der Waals surface area (Å²) >= 11 is 0. The minimum Gasteiger partial charge on any atom is -0.382 e. The zero-order valence-corrected chi connectivity index (χ0v) is 11.2. The summed E-state index contributed by atoms with van der Waals surface area (Å²) in [6.07, 6.45) is 3.09. The highest BCUT2D eigenvalue weighted by molar-refractivity contribution is 5.82. The van der Waals surface area contributed by atoms with Gasteiger partial charge >= 0.3 is 0 Å². The lowest BCUT2D eigenvalue weighted by molar-refractivity contribution is 0.612. The molecule has 0 aliphatic heterocycles. The Morgan fingerprint density at radius 1 is 1.20 bits per heavy atom. The minimum absolute atomic E-state index is 0.0956. The summed E-state index contributed by atoms with van der Waals surface area (Å²) in [5.74, 6) is 0.620. The Balaban J connectivity index is 2.36. The third-order valence-corrected chi connectivity index (χ3v) is 3.11. The van der Waals surface area contributed by atoms with Gasteiger partial charge in [0.2, 0.25) is 0 Å². The van der Waals surface area contributed by atoms with Crippen molar-refractivity contribution >= 4 is 16.9 Å². The maximum absolute atomic E-state index is 13.5. The van der Waals surface area contributed by atoms with Crippen molar-refractivity contribution in [2.24, 2.45) is 0 Å². The zero-order valence-electron chi connectivity index (χ0n) is 11.2. The summed E-state index contributed by atoms with van der Waals surface area (Å²) in [7, 11) is 0.